The molecule has 0 aliphatic carbocycles. The molecule has 1 atom stereocenters. The zero-order chi connectivity index (χ0) is 16.8. The van der Waals surface area contributed by atoms with Crippen molar-refractivity contribution in [2.24, 2.45) is 5.92 Å². The minimum absolute atomic E-state index is 0. The Kier molecular flexibility index (Phi) is 9.12. The topological polar surface area (TPSA) is 98.9 Å². The maximum Gasteiger partial charge on any atom is 0.252 e. The van der Waals surface area contributed by atoms with Crippen LogP contribution in [-0.2, 0) is 9.59 Å². The monoisotopic (exact) mass is 399 g/mol. The van der Waals surface area contributed by atoms with Gasteiger partial charge in [0.05, 0.1) is 6.20 Å². The number of carbonyl (C=O) groups is 2. The zero-order valence-corrected chi connectivity index (χ0v) is 15.7. The van der Waals surface area contributed by atoms with Crippen molar-refractivity contribution in [1.29, 1.82) is 0 Å². The summed E-state index contributed by atoms with van der Waals surface area (Å²) in [5.74, 6) is 0.0623. The van der Waals surface area contributed by atoms with Gasteiger partial charge in [-0.3, -0.25) is 14.7 Å². The quantitative estimate of drug-likeness (QED) is 0.618. The van der Waals surface area contributed by atoms with Gasteiger partial charge in [-0.1, -0.05) is 30.3 Å². The molecule has 0 spiro atoms. The average molecular weight is 400 g/mol. The van der Waals surface area contributed by atoms with Crippen molar-refractivity contribution >= 4 is 42.4 Å². The number of carbonyl (C=O) groups excluding carboxylic acids is 2. The van der Waals surface area contributed by atoms with E-state index in [1.165, 1.54) is 0 Å². The van der Waals surface area contributed by atoms with Crippen molar-refractivity contribution < 1.29 is 9.59 Å². The number of hydrogen-bond acceptors (Lipinski definition) is 4. The molecule has 1 aromatic heterocycles. The molecule has 2 heterocycles. The number of aromatic amines is 1. The molecule has 1 fully saturated rings. The molecule has 142 valence electrons. The summed E-state index contributed by atoms with van der Waals surface area (Å²) in [5.41, 5.74) is 0.747. The fourth-order valence-electron chi connectivity index (χ4n) is 2.82. The summed E-state index contributed by atoms with van der Waals surface area (Å²) in [5, 5.41) is 15.4. The number of H-pyrrole nitrogens is 1. The highest BCUT2D eigenvalue weighted by atomic mass is 35.5. The van der Waals surface area contributed by atoms with Crippen LogP contribution in [-0.4, -0.2) is 35.1 Å². The van der Waals surface area contributed by atoms with Gasteiger partial charge in [0.25, 0.3) is 5.91 Å². The minimum Gasteiger partial charge on any atom is -0.340 e. The number of hydrogen-bond donors (Lipinski definition) is 4. The lowest BCUT2D eigenvalue weighted by Gasteiger charge is -2.25. The van der Waals surface area contributed by atoms with Crippen LogP contribution in [0.4, 0.5) is 5.82 Å². The van der Waals surface area contributed by atoms with Gasteiger partial charge in [0.1, 0.15) is 11.9 Å². The first-order valence-electron chi connectivity index (χ1n) is 8.10. The van der Waals surface area contributed by atoms with Crippen molar-refractivity contribution in [3.05, 3.63) is 48.2 Å². The van der Waals surface area contributed by atoms with Crippen LogP contribution in [0.1, 0.15) is 24.4 Å². The molecule has 0 bridgehead atoms. The van der Waals surface area contributed by atoms with Crippen LogP contribution >= 0.6 is 24.8 Å². The van der Waals surface area contributed by atoms with E-state index in [1.54, 1.807) is 12.3 Å². The molecule has 26 heavy (non-hydrogen) atoms. The second-order valence-electron chi connectivity index (χ2n) is 5.84. The Balaban J connectivity index is 0.00000169. The molecule has 1 aliphatic rings. The Morgan fingerprint density at radius 1 is 1.08 bits per heavy atom. The van der Waals surface area contributed by atoms with Gasteiger partial charge in [0.15, 0.2) is 0 Å². The van der Waals surface area contributed by atoms with E-state index in [9.17, 15) is 9.59 Å². The van der Waals surface area contributed by atoms with Crippen molar-refractivity contribution in [1.82, 2.24) is 20.8 Å². The van der Waals surface area contributed by atoms with Gasteiger partial charge in [-0.15, -0.1) is 24.8 Å². The minimum atomic E-state index is -0.739. The Labute approximate surface area is 164 Å². The van der Waals surface area contributed by atoms with E-state index in [-0.39, 0.29) is 42.5 Å². The molecular formula is C17H23Cl2N5O2. The summed E-state index contributed by atoms with van der Waals surface area (Å²) in [6, 6.07) is 10.2. The van der Waals surface area contributed by atoms with E-state index >= 15 is 0 Å². The Bertz CT molecular complexity index is 676. The summed E-state index contributed by atoms with van der Waals surface area (Å²) in [4.78, 5) is 25.2. The highest BCUT2D eigenvalue weighted by Crippen LogP contribution is 2.18. The molecule has 1 unspecified atom stereocenters. The predicted octanol–water partition coefficient (Wildman–Crippen LogP) is 2.05. The van der Waals surface area contributed by atoms with E-state index in [4.69, 9.17) is 0 Å². The summed E-state index contributed by atoms with van der Waals surface area (Å²) in [6.45, 7) is 1.66. The Hall–Kier alpha value is -2.09. The Morgan fingerprint density at radius 3 is 2.38 bits per heavy atom. The van der Waals surface area contributed by atoms with Crippen LogP contribution in [0.2, 0.25) is 0 Å². The number of piperidine rings is 1. The molecule has 2 aromatic rings. The van der Waals surface area contributed by atoms with E-state index in [2.05, 4.69) is 26.1 Å². The Morgan fingerprint density at radius 2 is 1.77 bits per heavy atom. The van der Waals surface area contributed by atoms with E-state index in [0.717, 1.165) is 31.5 Å². The maximum absolute atomic E-state index is 12.6. The molecule has 9 heteroatoms. The highest BCUT2D eigenvalue weighted by molar-refractivity contribution is 5.97. The summed E-state index contributed by atoms with van der Waals surface area (Å²) in [6.07, 6.45) is 3.13. The summed E-state index contributed by atoms with van der Waals surface area (Å²) >= 11 is 0. The smallest absolute Gasteiger partial charge is 0.252 e. The first-order valence-corrected chi connectivity index (χ1v) is 8.10. The maximum atomic E-state index is 12.6. The molecule has 0 radical (unpaired) electrons. The van der Waals surface area contributed by atoms with Gasteiger partial charge in [-0.2, -0.15) is 5.10 Å². The third-order valence-electron chi connectivity index (χ3n) is 4.15. The number of aromatic nitrogens is 2. The second kappa shape index (κ2) is 10.8. The van der Waals surface area contributed by atoms with Crippen LogP contribution in [0.3, 0.4) is 0 Å². The first-order chi connectivity index (χ1) is 11.7. The standard InChI is InChI=1S/C17H21N5O2.2ClH/c23-16(13-6-9-18-10-7-13)21-15(12-4-2-1-3-5-12)17(24)20-14-8-11-19-22-14;;/h1-5,8,11,13,15,18H,6-7,9-10H2,(H,21,23)(H2,19,20,22,24);2*1H. The lowest BCUT2D eigenvalue weighted by Crippen LogP contribution is -2.43. The highest BCUT2D eigenvalue weighted by Gasteiger charge is 2.27. The van der Waals surface area contributed by atoms with Gasteiger partial charge >= 0.3 is 0 Å². The number of halogens is 2. The second-order valence-corrected chi connectivity index (χ2v) is 5.84. The van der Waals surface area contributed by atoms with Crippen molar-refractivity contribution in [2.75, 3.05) is 18.4 Å². The third kappa shape index (κ3) is 5.72. The molecule has 4 N–H and O–H groups in total. The van der Waals surface area contributed by atoms with E-state index in [0.29, 0.717) is 5.82 Å². The summed E-state index contributed by atoms with van der Waals surface area (Å²) < 4.78 is 0. The van der Waals surface area contributed by atoms with Gasteiger partial charge in [-0.25, -0.2) is 0 Å². The van der Waals surface area contributed by atoms with E-state index < -0.39 is 6.04 Å². The predicted molar refractivity (Wildman–Crippen MR) is 105 cm³/mol. The molecule has 0 saturated carbocycles. The van der Waals surface area contributed by atoms with Crippen molar-refractivity contribution in [2.45, 2.75) is 18.9 Å². The molecule has 7 nitrogen and oxygen atoms in total. The SMILES string of the molecule is Cl.Cl.O=C(NC(C(=O)Nc1ccn[nH]1)c1ccccc1)C1CCNCC1. The normalized spacial score (nSPS) is 15.1. The van der Waals surface area contributed by atoms with Crippen LogP contribution < -0.4 is 16.0 Å². The largest absolute Gasteiger partial charge is 0.340 e. The number of rotatable bonds is 5. The molecule has 1 saturated heterocycles. The van der Waals surface area contributed by atoms with Crippen LogP contribution in [0, 0.1) is 5.92 Å². The molecular weight excluding hydrogens is 377 g/mol. The number of benzene rings is 1. The molecule has 3 rings (SSSR count). The summed E-state index contributed by atoms with van der Waals surface area (Å²) in [7, 11) is 0. The number of nitrogens with one attached hydrogen (secondary N) is 4. The van der Waals surface area contributed by atoms with Gasteiger partial charge in [-0.05, 0) is 31.5 Å². The molecule has 1 aliphatic heterocycles. The van der Waals surface area contributed by atoms with Crippen LogP contribution in [0.5, 0.6) is 0 Å². The number of amides is 2. The van der Waals surface area contributed by atoms with Crippen LogP contribution in [0.15, 0.2) is 42.6 Å². The fourth-order valence-corrected chi connectivity index (χ4v) is 2.82. The first kappa shape index (κ1) is 22.0. The molecule has 2 amide bonds. The van der Waals surface area contributed by atoms with Crippen molar-refractivity contribution in [3.63, 3.8) is 0 Å². The number of anilines is 1. The zero-order valence-electron chi connectivity index (χ0n) is 14.1. The fraction of sp³-hybridized carbons (Fsp3) is 0.353. The lowest BCUT2D eigenvalue weighted by molar-refractivity contribution is -0.130. The van der Waals surface area contributed by atoms with Gasteiger partial charge in [0.2, 0.25) is 5.91 Å². The van der Waals surface area contributed by atoms with Crippen molar-refractivity contribution in [3.8, 4) is 0 Å². The van der Waals surface area contributed by atoms with Gasteiger partial charge in [0, 0.05) is 12.0 Å². The van der Waals surface area contributed by atoms with E-state index in [1.807, 2.05) is 30.3 Å². The number of nitrogens with zero attached hydrogens (tertiary/aromatic N) is 1. The van der Waals surface area contributed by atoms with Crippen LogP contribution in [0.25, 0.3) is 0 Å². The average Bonchev–Trinajstić information content (AvgIpc) is 3.14. The van der Waals surface area contributed by atoms with Gasteiger partial charge < -0.3 is 16.0 Å². The molecule has 1 aromatic carbocycles. The lowest BCUT2D eigenvalue weighted by atomic mass is 9.96. The third-order valence-corrected chi connectivity index (χ3v) is 4.15.